The fraction of sp³-hybridized carbons (Fsp3) is 0.391. The Labute approximate surface area is 174 Å². The van der Waals surface area contributed by atoms with E-state index in [1.807, 2.05) is 12.1 Å². The van der Waals surface area contributed by atoms with Crippen LogP contribution < -0.4 is 5.32 Å². The quantitative estimate of drug-likeness (QED) is 0.658. The summed E-state index contributed by atoms with van der Waals surface area (Å²) in [6.45, 7) is 4.01. The molecule has 6 rings (SSSR count). The Morgan fingerprint density at radius 3 is 2.63 bits per heavy atom. The molecule has 2 aromatic carbocycles. The topological polar surface area (TPSA) is 59.4 Å². The number of esters is 1. The fourth-order valence-electron chi connectivity index (χ4n) is 4.85. The van der Waals surface area contributed by atoms with Gasteiger partial charge in [-0.3, -0.25) is 0 Å². The zero-order valence-electron chi connectivity index (χ0n) is 17.0. The van der Waals surface area contributed by atoms with Gasteiger partial charge in [0.1, 0.15) is 5.82 Å². The lowest BCUT2D eigenvalue weighted by Crippen LogP contribution is -2.55. The molecule has 0 spiro atoms. The van der Waals surface area contributed by atoms with E-state index in [-0.39, 0.29) is 11.8 Å². The largest absolute Gasteiger partial charge is 0.465 e. The van der Waals surface area contributed by atoms with E-state index in [4.69, 9.17) is 9.84 Å². The van der Waals surface area contributed by atoms with Crippen LogP contribution in [0.25, 0.3) is 16.6 Å². The number of fused-ring (bicyclic) bond motifs is 4. The van der Waals surface area contributed by atoms with Crippen LogP contribution in [0.4, 0.5) is 4.39 Å². The minimum Gasteiger partial charge on any atom is -0.465 e. The number of carbonyl (C=O) groups excluding carboxylic acids is 1. The maximum Gasteiger partial charge on any atom is 0.338 e. The number of aromatic nitrogens is 2. The third-order valence-corrected chi connectivity index (χ3v) is 6.44. The predicted octanol–water partition coefficient (Wildman–Crippen LogP) is 3.14. The number of rotatable bonds is 5. The zero-order chi connectivity index (χ0) is 20.7. The number of benzene rings is 2. The van der Waals surface area contributed by atoms with E-state index in [0.717, 1.165) is 28.8 Å². The molecule has 3 aliphatic rings. The third kappa shape index (κ3) is 3.38. The minimum absolute atomic E-state index is 0.297. The molecule has 7 heteroatoms. The molecule has 1 unspecified atom stereocenters. The fourth-order valence-corrected chi connectivity index (χ4v) is 4.85. The first-order chi connectivity index (χ1) is 14.6. The molecule has 3 aliphatic heterocycles. The Morgan fingerprint density at radius 2 is 1.97 bits per heavy atom. The molecule has 0 saturated carbocycles. The molecule has 3 saturated heterocycles. The average Bonchev–Trinajstić information content (AvgIpc) is 3.17. The van der Waals surface area contributed by atoms with Crippen LogP contribution in [-0.4, -0.2) is 53.4 Å². The molecule has 4 heterocycles. The summed E-state index contributed by atoms with van der Waals surface area (Å²) in [6, 6.07) is 12.2. The number of hydrogen-bond acceptors (Lipinski definition) is 5. The zero-order valence-corrected chi connectivity index (χ0v) is 17.0. The van der Waals surface area contributed by atoms with Gasteiger partial charge >= 0.3 is 5.97 Å². The number of ether oxygens (including phenoxy) is 1. The van der Waals surface area contributed by atoms with Crippen LogP contribution in [-0.2, 0) is 11.3 Å². The van der Waals surface area contributed by atoms with Crippen LogP contribution in [0, 0.1) is 11.7 Å². The van der Waals surface area contributed by atoms with Gasteiger partial charge in [0.15, 0.2) is 0 Å². The van der Waals surface area contributed by atoms with Gasteiger partial charge in [-0.05, 0) is 68.2 Å². The lowest BCUT2D eigenvalue weighted by Gasteiger charge is -2.45. The summed E-state index contributed by atoms with van der Waals surface area (Å²) >= 11 is 0. The van der Waals surface area contributed by atoms with Crippen molar-refractivity contribution in [2.75, 3.05) is 26.7 Å². The normalized spacial score (nSPS) is 23.1. The first-order valence-corrected chi connectivity index (χ1v) is 10.4. The first-order valence-electron chi connectivity index (χ1n) is 10.4. The van der Waals surface area contributed by atoms with Gasteiger partial charge in [0.25, 0.3) is 0 Å². The molecule has 1 atom stereocenters. The summed E-state index contributed by atoms with van der Waals surface area (Å²) in [6.07, 6.45) is 2.46. The van der Waals surface area contributed by atoms with Gasteiger partial charge in [0.05, 0.1) is 29.6 Å². The van der Waals surface area contributed by atoms with Crippen molar-refractivity contribution in [3.63, 3.8) is 0 Å². The summed E-state index contributed by atoms with van der Waals surface area (Å²) in [5, 5.41) is 9.29. The second-order valence-electron chi connectivity index (χ2n) is 8.15. The highest BCUT2D eigenvalue weighted by Gasteiger charge is 2.34. The first kappa shape index (κ1) is 19.2. The van der Waals surface area contributed by atoms with Gasteiger partial charge in [0.2, 0.25) is 0 Å². The summed E-state index contributed by atoms with van der Waals surface area (Å²) in [5.41, 5.74) is 2.84. The molecule has 0 radical (unpaired) electrons. The SMILES string of the molecule is COC(=O)c1cccc2c1c(CNC1CN3CCC1CC3)nn2-c1ccc(F)cc1. The number of halogens is 1. The van der Waals surface area contributed by atoms with E-state index in [0.29, 0.717) is 24.1 Å². The Kier molecular flexibility index (Phi) is 5.00. The number of piperidine rings is 3. The highest BCUT2D eigenvalue weighted by Crippen LogP contribution is 2.29. The minimum atomic E-state index is -0.386. The summed E-state index contributed by atoms with van der Waals surface area (Å²) in [4.78, 5) is 15.0. The van der Waals surface area contributed by atoms with Gasteiger partial charge in [-0.2, -0.15) is 5.10 Å². The Hall–Kier alpha value is -2.77. The van der Waals surface area contributed by atoms with Crippen LogP contribution in [0.1, 0.15) is 28.9 Å². The van der Waals surface area contributed by atoms with Crippen molar-refractivity contribution in [1.82, 2.24) is 20.0 Å². The van der Waals surface area contributed by atoms with Gasteiger partial charge in [-0.1, -0.05) is 6.07 Å². The highest BCUT2D eigenvalue weighted by atomic mass is 19.1. The molecule has 3 fully saturated rings. The summed E-state index contributed by atoms with van der Waals surface area (Å²) < 4.78 is 20.2. The predicted molar refractivity (Wildman–Crippen MR) is 112 cm³/mol. The number of nitrogens with zero attached hydrogens (tertiary/aromatic N) is 3. The van der Waals surface area contributed by atoms with E-state index < -0.39 is 0 Å². The monoisotopic (exact) mass is 408 g/mol. The van der Waals surface area contributed by atoms with Gasteiger partial charge in [0, 0.05) is 24.5 Å². The van der Waals surface area contributed by atoms with Gasteiger partial charge < -0.3 is 15.0 Å². The van der Waals surface area contributed by atoms with Crippen molar-refractivity contribution in [3.05, 3.63) is 59.5 Å². The molecule has 2 bridgehead atoms. The number of methoxy groups -OCH3 is 1. The summed E-state index contributed by atoms with van der Waals surface area (Å²) in [5.74, 6) is 0.0126. The van der Waals surface area contributed by atoms with E-state index in [9.17, 15) is 9.18 Å². The molecule has 30 heavy (non-hydrogen) atoms. The smallest absolute Gasteiger partial charge is 0.338 e. The second kappa shape index (κ2) is 7.81. The molecule has 0 amide bonds. The van der Waals surface area contributed by atoms with Gasteiger partial charge in [-0.25, -0.2) is 13.9 Å². The van der Waals surface area contributed by atoms with E-state index >= 15 is 0 Å². The maximum absolute atomic E-state index is 13.4. The van der Waals surface area contributed by atoms with Crippen molar-refractivity contribution in [2.24, 2.45) is 5.92 Å². The van der Waals surface area contributed by atoms with Crippen molar-refractivity contribution in [1.29, 1.82) is 0 Å². The number of carbonyl (C=O) groups is 1. The van der Waals surface area contributed by atoms with Crippen molar-refractivity contribution >= 4 is 16.9 Å². The molecule has 1 aromatic heterocycles. The van der Waals surface area contributed by atoms with E-state index in [1.54, 1.807) is 22.9 Å². The van der Waals surface area contributed by atoms with Crippen LogP contribution in [0.2, 0.25) is 0 Å². The molecular formula is C23H25FN4O2. The van der Waals surface area contributed by atoms with E-state index in [1.165, 1.54) is 45.2 Å². The van der Waals surface area contributed by atoms with Gasteiger partial charge in [-0.15, -0.1) is 0 Å². The highest BCUT2D eigenvalue weighted by molar-refractivity contribution is 6.05. The average molecular weight is 408 g/mol. The van der Waals surface area contributed by atoms with Crippen molar-refractivity contribution < 1.29 is 13.9 Å². The van der Waals surface area contributed by atoms with Crippen LogP contribution in [0.5, 0.6) is 0 Å². The molecule has 0 aliphatic carbocycles. The van der Waals surface area contributed by atoms with Crippen LogP contribution in [0.15, 0.2) is 42.5 Å². The van der Waals surface area contributed by atoms with E-state index in [2.05, 4.69) is 10.2 Å². The maximum atomic E-state index is 13.4. The number of hydrogen-bond donors (Lipinski definition) is 1. The summed E-state index contributed by atoms with van der Waals surface area (Å²) in [7, 11) is 1.39. The van der Waals surface area contributed by atoms with Crippen LogP contribution >= 0.6 is 0 Å². The number of nitrogens with one attached hydrogen (secondary N) is 1. The lowest BCUT2D eigenvalue weighted by molar-refractivity contribution is 0.0603. The Morgan fingerprint density at radius 1 is 1.20 bits per heavy atom. The molecule has 1 N–H and O–H groups in total. The Bertz CT molecular complexity index is 1070. The Balaban J connectivity index is 1.54. The van der Waals surface area contributed by atoms with Crippen molar-refractivity contribution in [3.8, 4) is 5.69 Å². The standard InChI is InChI=1S/C23H25FN4O2/c1-30-23(29)18-3-2-4-21-22(18)19(26-28(21)17-7-5-16(24)6-8-17)13-25-20-14-27-11-9-15(20)10-12-27/h2-8,15,20,25H,9-14H2,1H3. The molecule has 3 aromatic rings. The molecular weight excluding hydrogens is 383 g/mol. The molecule has 156 valence electrons. The van der Waals surface area contributed by atoms with Crippen molar-refractivity contribution in [2.45, 2.75) is 25.4 Å². The third-order valence-electron chi connectivity index (χ3n) is 6.44. The molecule has 6 nitrogen and oxygen atoms in total. The lowest BCUT2D eigenvalue weighted by atomic mass is 9.84. The van der Waals surface area contributed by atoms with Crippen LogP contribution in [0.3, 0.4) is 0 Å². The second-order valence-corrected chi connectivity index (χ2v) is 8.15.